The SMILES string of the molecule is Cc1ccc(CC(N)C(=O)NC(CCCNC(=N)N)C(=O)NC(Cc2ccc(O)cc2)C(=O)O)cc1. The maximum absolute atomic E-state index is 13.0. The zero-order chi connectivity index (χ0) is 26.7. The van der Waals surface area contributed by atoms with Crippen LogP contribution in [0, 0.1) is 12.3 Å². The van der Waals surface area contributed by atoms with Gasteiger partial charge in [-0.2, -0.15) is 0 Å². The van der Waals surface area contributed by atoms with Gasteiger partial charge in [-0.15, -0.1) is 0 Å². The Kier molecular flexibility index (Phi) is 10.7. The van der Waals surface area contributed by atoms with Gasteiger partial charge in [0.1, 0.15) is 17.8 Å². The van der Waals surface area contributed by atoms with Gasteiger partial charge in [-0.3, -0.25) is 15.0 Å². The van der Waals surface area contributed by atoms with Gasteiger partial charge in [-0.05, 0) is 49.4 Å². The number of carboxylic acids is 1. The highest BCUT2D eigenvalue weighted by Gasteiger charge is 2.28. The van der Waals surface area contributed by atoms with Crippen LogP contribution in [0.15, 0.2) is 48.5 Å². The Morgan fingerprint density at radius 2 is 1.47 bits per heavy atom. The number of benzene rings is 2. The molecule has 3 atom stereocenters. The molecule has 2 rings (SSSR count). The molecule has 2 amide bonds. The maximum atomic E-state index is 13.0. The van der Waals surface area contributed by atoms with Crippen LogP contribution in [0.1, 0.15) is 29.5 Å². The zero-order valence-electron chi connectivity index (χ0n) is 20.2. The lowest BCUT2D eigenvalue weighted by atomic mass is 10.0. The van der Waals surface area contributed by atoms with E-state index < -0.39 is 35.9 Å². The fourth-order valence-electron chi connectivity index (χ4n) is 3.49. The summed E-state index contributed by atoms with van der Waals surface area (Å²) >= 11 is 0. The quantitative estimate of drug-likeness (QED) is 0.108. The molecule has 3 unspecified atom stereocenters. The van der Waals surface area contributed by atoms with E-state index in [-0.39, 0.29) is 31.0 Å². The van der Waals surface area contributed by atoms with Gasteiger partial charge in [-0.1, -0.05) is 42.0 Å². The van der Waals surface area contributed by atoms with Crippen LogP contribution >= 0.6 is 0 Å². The molecule has 0 saturated carbocycles. The molecular formula is C25H34N6O5. The summed E-state index contributed by atoms with van der Waals surface area (Å²) in [6, 6.07) is 10.4. The summed E-state index contributed by atoms with van der Waals surface area (Å²) in [7, 11) is 0. The lowest BCUT2D eigenvalue weighted by molar-refractivity contribution is -0.142. The number of aromatic hydroxyl groups is 1. The van der Waals surface area contributed by atoms with E-state index in [1.165, 1.54) is 12.1 Å². The molecule has 11 heteroatoms. The highest BCUT2D eigenvalue weighted by Crippen LogP contribution is 2.12. The molecule has 0 aromatic heterocycles. The third kappa shape index (κ3) is 9.63. The van der Waals surface area contributed by atoms with E-state index in [1.807, 2.05) is 31.2 Å². The van der Waals surface area contributed by atoms with Crippen molar-refractivity contribution in [3.05, 3.63) is 65.2 Å². The summed E-state index contributed by atoms with van der Waals surface area (Å²) in [4.78, 5) is 37.6. The van der Waals surface area contributed by atoms with E-state index in [0.29, 0.717) is 18.5 Å². The minimum atomic E-state index is -1.25. The van der Waals surface area contributed by atoms with Crippen LogP contribution < -0.4 is 27.4 Å². The fourth-order valence-corrected chi connectivity index (χ4v) is 3.49. The third-order valence-electron chi connectivity index (χ3n) is 5.52. The van der Waals surface area contributed by atoms with E-state index in [0.717, 1.165) is 11.1 Å². The highest BCUT2D eigenvalue weighted by molar-refractivity contribution is 5.92. The van der Waals surface area contributed by atoms with Gasteiger partial charge in [0.15, 0.2) is 5.96 Å². The fraction of sp³-hybridized carbons (Fsp3) is 0.360. The van der Waals surface area contributed by atoms with Crippen molar-refractivity contribution in [2.24, 2.45) is 11.5 Å². The monoisotopic (exact) mass is 498 g/mol. The number of carboxylic acid groups (broad SMARTS) is 1. The van der Waals surface area contributed by atoms with E-state index >= 15 is 0 Å². The molecule has 0 heterocycles. The Hall–Kier alpha value is -4.12. The minimum Gasteiger partial charge on any atom is -0.508 e. The first kappa shape index (κ1) is 28.1. The predicted octanol–water partition coefficient (Wildman–Crippen LogP) is 0.131. The minimum absolute atomic E-state index is 0.0130. The third-order valence-corrected chi connectivity index (χ3v) is 5.52. The number of carbonyl (C=O) groups is 3. The van der Waals surface area contributed by atoms with Crippen molar-refractivity contribution >= 4 is 23.7 Å². The second kappa shape index (κ2) is 13.7. The summed E-state index contributed by atoms with van der Waals surface area (Å²) in [5.74, 6) is -2.63. The maximum Gasteiger partial charge on any atom is 0.326 e. The number of nitrogens with two attached hydrogens (primary N) is 2. The van der Waals surface area contributed by atoms with Gasteiger partial charge in [-0.25, -0.2) is 4.79 Å². The molecule has 0 radical (unpaired) electrons. The number of hydrogen-bond acceptors (Lipinski definition) is 6. The summed E-state index contributed by atoms with van der Waals surface area (Å²) in [6.45, 7) is 2.24. The van der Waals surface area contributed by atoms with Gasteiger partial charge >= 0.3 is 5.97 Å². The van der Waals surface area contributed by atoms with Gasteiger partial charge in [0.05, 0.1) is 6.04 Å². The summed E-state index contributed by atoms with van der Waals surface area (Å²) < 4.78 is 0. The van der Waals surface area contributed by atoms with Crippen molar-refractivity contribution in [3.63, 3.8) is 0 Å². The van der Waals surface area contributed by atoms with Crippen molar-refractivity contribution < 1.29 is 24.6 Å². The normalized spacial score (nSPS) is 13.2. The number of nitrogens with one attached hydrogen (secondary N) is 4. The Labute approximate surface area is 209 Å². The number of guanidine groups is 1. The molecule has 36 heavy (non-hydrogen) atoms. The summed E-state index contributed by atoms with van der Waals surface area (Å²) in [5, 5.41) is 34.0. The molecule has 2 aromatic carbocycles. The van der Waals surface area contributed by atoms with Crippen LogP contribution in [0.3, 0.4) is 0 Å². The largest absolute Gasteiger partial charge is 0.508 e. The Morgan fingerprint density at radius 1 is 0.917 bits per heavy atom. The highest BCUT2D eigenvalue weighted by atomic mass is 16.4. The van der Waals surface area contributed by atoms with Gasteiger partial charge in [0.25, 0.3) is 0 Å². The summed E-state index contributed by atoms with van der Waals surface area (Å²) in [6.07, 6.45) is 0.799. The predicted molar refractivity (Wildman–Crippen MR) is 135 cm³/mol. The molecule has 0 aliphatic heterocycles. The van der Waals surface area contributed by atoms with Gasteiger partial charge in [0.2, 0.25) is 11.8 Å². The lowest BCUT2D eigenvalue weighted by Crippen LogP contribution is -2.55. The molecule has 194 valence electrons. The van der Waals surface area contributed by atoms with Crippen LogP contribution in [0.5, 0.6) is 5.75 Å². The molecule has 0 fully saturated rings. The average molecular weight is 499 g/mol. The van der Waals surface area contributed by atoms with Crippen molar-refractivity contribution in [3.8, 4) is 5.75 Å². The average Bonchev–Trinajstić information content (AvgIpc) is 2.82. The standard InChI is InChI=1S/C25H34N6O5/c1-15-4-6-16(7-5-15)13-19(26)22(33)30-20(3-2-12-29-25(27)28)23(34)31-21(24(35)36)14-17-8-10-18(32)11-9-17/h4-11,19-21,32H,2-3,12-14,26H2,1H3,(H,30,33)(H,31,34)(H,35,36)(H4,27,28,29). The molecule has 0 aliphatic rings. The smallest absolute Gasteiger partial charge is 0.326 e. The molecule has 0 bridgehead atoms. The molecule has 0 aliphatic carbocycles. The van der Waals surface area contributed by atoms with Crippen LogP contribution in [0.4, 0.5) is 0 Å². The Morgan fingerprint density at radius 3 is 2.06 bits per heavy atom. The van der Waals surface area contributed by atoms with Crippen LogP contribution in [0.2, 0.25) is 0 Å². The van der Waals surface area contributed by atoms with Crippen molar-refractivity contribution in [2.75, 3.05) is 6.54 Å². The topological polar surface area (TPSA) is 204 Å². The number of aliphatic carboxylic acids is 1. The Balaban J connectivity index is 2.07. The van der Waals surface area contributed by atoms with Gasteiger partial charge < -0.3 is 37.6 Å². The van der Waals surface area contributed by atoms with E-state index in [2.05, 4.69) is 16.0 Å². The van der Waals surface area contributed by atoms with E-state index in [4.69, 9.17) is 16.9 Å². The zero-order valence-corrected chi connectivity index (χ0v) is 20.2. The number of phenols is 1. The second-order valence-electron chi connectivity index (χ2n) is 8.61. The first-order valence-electron chi connectivity index (χ1n) is 11.6. The number of phenolic OH excluding ortho intramolecular Hbond substituents is 1. The first-order chi connectivity index (χ1) is 17.0. The molecule has 11 nitrogen and oxygen atoms in total. The van der Waals surface area contributed by atoms with Crippen LogP contribution in [0.25, 0.3) is 0 Å². The number of aryl methyl sites for hydroxylation is 1. The lowest BCUT2D eigenvalue weighted by Gasteiger charge is -2.23. The van der Waals surface area contributed by atoms with Gasteiger partial charge in [0, 0.05) is 13.0 Å². The number of amides is 2. The number of hydrogen-bond donors (Lipinski definition) is 8. The van der Waals surface area contributed by atoms with Crippen molar-refractivity contribution in [2.45, 2.75) is 50.7 Å². The number of rotatable bonds is 13. The van der Waals surface area contributed by atoms with Crippen LogP contribution in [-0.4, -0.2) is 58.6 Å². The van der Waals surface area contributed by atoms with Crippen molar-refractivity contribution in [1.29, 1.82) is 5.41 Å². The second-order valence-corrected chi connectivity index (χ2v) is 8.61. The Bertz CT molecular complexity index is 1040. The molecule has 2 aromatic rings. The molecule has 0 spiro atoms. The molecule has 0 saturated heterocycles. The van der Waals surface area contributed by atoms with E-state index in [9.17, 15) is 24.6 Å². The van der Waals surface area contributed by atoms with Crippen molar-refractivity contribution in [1.82, 2.24) is 16.0 Å². The van der Waals surface area contributed by atoms with E-state index in [1.54, 1.807) is 12.1 Å². The first-order valence-corrected chi connectivity index (χ1v) is 11.6. The summed E-state index contributed by atoms with van der Waals surface area (Å²) in [5.41, 5.74) is 13.9. The number of carbonyl (C=O) groups excluding carboxylic acids is 2. The molecule has 10 N–H and O–H groups in total. The molecular weight excluding hydrogens is 464 g/mol. The van der Waals surface area contributed by atoms with Crippen LogP contribution in [-0.2, 0) is 27.2 Å².